The first-order valence-electron chi connectivity index (χ1n) is 5.69. The second kappa shape index (κ2) is 5.36. The van der Waals surface area contributed by atoms with E-state index >= 15 is 0 Å². The number of nitrogens with one attached hydrogen (secondary N) is 1. The Kier molecular flexibility index (Phi) is 3.80. The topological polar surface area (TPSA) is 62.2 Å². The number of halogens is 1. The molecule has 0 bridgehead atoms. The second-order valence-corrected chi connectivity index (χ2v) is 5.05. The highest BCUT2D eigenvalue weighted by Crippen LogP contribution is 2.26. The predicted molar refractivity (Wildman–Crippen MR) is 72.2 cm³/mol. The van der Waals surface area contributed by atoms with Crippen LogP contribution in [0.15, 0.2) is 23.6 Å². The quantitative estimate of drug-likeness (QED) is 0.900. The number of para-hydroxylation sites is 1. The molecule has 2 N–H and O–H groups in total. The molecule has 1 atom stereocenters. The van der Waals surface area contributed by atoms with Gasteiger partial charge in [0.2, 0.25) is 0 Å². The van der Waals surface area contributed by atoms with Crippen molar-refractivity contribution in [2.45, 2.75) is 19.9 Å². The maximum absolute atomic E-state index is 13.7. The molecular weight excluding hydrogens is 267 g/mol. The van der Waals surface area contributed by atoms with Crippen LogP contribution in [0.1, 0.15) is 34.0 Å². The highest BCUT2D eigenvalue weighted by Gasteiger charge is 2.17. The van der Waals surface area contributed by atoms with E-state index in [2.05, 4.69) is 10.3 Å². The minimum atomic E-state index is -1.16. The number of carbonyl (C=O) groups is 1. The lowest BCUT2D eigenvalue weighted by Crippen LogP contribution is -2.12. The number of benzene rings is 1. The van der Waals surface area contributed by atoms with E-state index in [1.165, 1.54) is 29.5 Å². The third kappa shape index (κ3) is 2.90. The molecule has 1 aromatic heterocycles. The molecule has 4 nitrogen and oxygen atoms in total. The van der Waals surface area contributed by atoms with Gasteiger partial charge in [-0.3, -0.25) is 0 Å². The summed E-state index contributed by atoms with van der Waals surface area (Å²) in [6, 6.07) is 3.72. The lowest BCUT2D eigenvalue weighted by Gasteiger charge is -2.15. The van der Waals surface area contributed by atoms with Crippen molar-refractivity contribution in [1.29, 1.82) is 0 Å². The van der Waals surface area contributed by atoms with Crippen LogP contribution in [0.4, 0.5) is 10.1 Å². The molecule has 6 heteroatoms. The largest absolute Gasteiger partial charge is 0.478 e. The molecule has 19 heavy (non-hydrogen) atoms. The van der Waals surface area contributed by atoms with Crippen LogP contribution in [0, 0.1) is 12.7 Å². The number of hydrogen-bond acceptors (Lipinski definition) is 4. The van der Waals surface area contributed by atoms with Crippen LogP contribution in [0.5, 0.6) is 0 Å². The molecule has 100 valence electrons. The number of aryl methyl sites for hydroxylation is 1. The minimum Gasteiger partial charge on any atom is -0.478 e. The molecule has 0 fully saturated rings. The zero-order valence-corrected chi connectivity index (χ0v) is 11.3. The summed E-state index contributed by atoms with van der Waals surface area (Å²) in [5, 5.41) is 14.6. The smallest absolute Gasteiger partial charge is 0.337 e. The second-order valence-electron chi connectivity index (χ2n) is 4.16. The monoisotopic (exact) mass is 280 g/mol. The number of carboxylic acid groups (broad SMARTS) is 1. The number of thiazole rings is 1. The van der Waals surface area contributed by atoms with Gasteiger partial charge in [0.25, 0.3) is 0 Å². The third-order valence-corrected chi connectivity index (χ3v) is 3.76. The average Bonchev–Trinajstić information content (AvgIpc) is 2.78. The Labute approximate surface area is 113 Å². The molecule has 2 aromatic rings. The Hall–Kier alpha value is -1.95. The Balaban J connectivity index is 2.30. The standard InChI is InChI=1S/C13H13FN2O2S/c1-7-6-19-12(15-7)8(2)16-11-9(13(17)18)4-3-5-10(11)14/h3-6,8,16H,1-2H3,(H,17,18). The van der Waals surface area contributed by atoms with Crippen LogP contribution in [0.2, 0.25) is 0 Å². The van der Waals surface area contributed by atoms with E-state index in [1.807, 2.05) is 19.2 Å². The van der Waals surface area contributed by atoms with Crippen LogP contribution in [0.25, 0.3) is 0 Å². The molecule has 2 rings (SSSR count). The van der Waals surface area contributed by atoms with E-state index in [-0.39, 0.29) is 17.3 Å². The third-order valence-electron chi connectivity index (χ3n) is 2.61. The van der Waals surface area contributed by atoms with Crippen LogP contribution in [-0.2, 0) is 0 Å². The number of nitrogens with zero attached hydrogens (tertiary/aromatic N) is 1. The van der Waals surface area contributed by atoms with Gasteiger partial charge in [0.05, 0.1) is 17.3 Å². The van der Waals surface area contributed by atoms with E-state index in [0.717, 1.165) is 10.7 Å². The number of rotatable bonds is 4. The van der Waals surface area contributed by atoms with Crippen LogP contribution in [-0.4, -0.2) is 16.1 Å². The number of hydrogen-bond donors (Lipinski definition) is 2. The molecule has 0 aliphatic carbocycles. The van der Waals surface area contributed by atoms with E-state index in [1.54, 1.807) is 0 Å². The zero-order chi connectivity index (χ0) is 14.0. The first kappa shape index (κ1) is 13.5. The van der Waals surface area contributed by atoms with Crippen molar-refractivity contribution in [3.63, 3.8) is 0 Å². The van der Waals surface area contributed by atoms with Gasteiger partial charge in [0.1, 0.15) is 10.8 Å². The van der Waals surface area contributed by atoms with Gasteiger partial charge in [-0.15, -0.1) is 11.3 Å². The van der Waals surface area contributed by atoms with E-state index in [9.17, 15) is 9.18 Å². The van der Waals surface area contributed by atoms with Crippen LogP contribution in [0.3, 0.4) is 0 Å². The van der Waals surface area contributed by atoms with E-state index in [0.29, 0.717) is 0 Å². The van der Waals surface area contributed by atoms with Crippen molar-refractivity contribution in [1.82, 2.24) is 4.98 Å². The van der Waals surface area contributed by atoms with Gasteiger partial charge in [0.15, 0.2) is 0 Å². The predicted octanol–water partition coefficient (Wildman–Crippen LogP) is 3.46. The SMILES string of the molecule is Cc1csc(C(C)Nc2c(F)cccc2C(=O)O)n1. The number of aromatic carboxylic acids is 1. The lowest BCUT2D eigenvalue weighted by molar-refractivity contribution is 0.0697. The molecule has 0 aliphatic rings. The summed E-state index contributed by atoms with van der Waals surface area (Å²) in [7, 11) is 0. The van der Waals surface area contributed by atoms with Crippen molar-refractivity contribution in [2.75, 3.05) is 5.32 Å². The number of carboxylic acids is 1. The van der Waals surface area contributed by atoms with Gasteiger partial charge < -0.3 is 10.4 Å². The fourth-order valence-electron chi connectivity index (χ4n) is 1.70. The Morgan fingerprint density at radius 1 is 1.53 bits per heavy atom. The molecule has 0 spiro atoms. The molecular formula is C13H13FN2O2S. The number of aromatic nitrogens is 1. The molecule has 0 saturated heterocycles. The van der Waals surface area contributed by atoms with E-state index < -0.39 is 11.8 Å². The van der Waals surface area contributed by atoms with Gasteiger partial charge in [-0.25, -0.2) is 14.2 Å². The number of anilines is 1. The maximum Gasteiger partial charge on any atom is 0.337 e. The normalized spacial score (nSPS) is 12.2. The summed E-state index contributed by atoms with van der Waals surface area (Å²) in [5.41, 5.74) is 0.802. The molecule has 0 saturated carbocycles. The summed E-state index contributed by atoms with van der Waals surface area (Å²) in [6.07, 6.45) is 0. The lowest BCUT2D eigenvalue weighted by atomic mass is 10.1. The molecule has 1 aromatic carbocycles. The molecule has 1 heterocycles. The van der Waals surface area contributed by atoms with E-state index in [4.69, 9.17) is 5.11 Å². The summed E-state index contributed by atoms with van der Waals surface area (Å²) in [6.45, 7) is 3.69. The Bertz CT molecular complexity index is 612. The van der Waals surface area contributed by atoms with Crippen LogP contribution < -0.4 is 5.32 Å². The summed E-state index contributed by atoms with van der Waals surface area (Å²) < 4.78 is 13.7. The van der Waals surface area contributed by atoms with Gasteiger partial charge >= 0.3 is 5.97 Å². The van der Waals surface area contributed by atoms with Crippen molar-refractivity contribution in [2.24, 2.45) is 0 Å². The van der Waals surface area contributed by atoms with Gasteiger partial charge in [0, 0.05) is 11.1 Å². The molecule has 0 radical (unpaired) electrons. The van der Waals surface area contributed by atoms with Gasteiger partial charge in [-0.1, -0.05) is 6.07 Å². The summed E-state index contributed by atoms with van der Waals surface area (Å²) >= 11 is 1.45. The molecule has 1 unspecified atom stereocenters. The summed E-state index contributed by atoms with van der Waals surface area (Å²) in [4.78, 5) is 15.4. The van der Waals surface area contributed by atoms with Crippen molar-refractivity contribution >= 4 is 23.0 Å². The van der Waals surface area contributed by atoms with Crippen molar-refractivity contribution in [3.05, 3.63) is 45.7 Å². The highest BCUT2D eigenvalue weighted by atomic mass is 32.1. The fourth-order valence-corrected chi connectivity index (χ4v) is 2.50. The minimum absolute atomic E-state index is 0.00430. The molecule has 0 amide bonds. The van der Waals surface area contributed by atoms with Crippen molar-refractivity contribution < 1.29 is 14.3 Å². The highest BCUT2D eigenvalue weighted by molar-refractivity contribution is 7.09. The first-order chi connectivity index (χ1) is 8.99. The maximum atomic E-state index is 13.7. The summed E-state index contributed by atoms with van der Waals surface area (Å²) in [5.74, 6) is -1.75. The van der Waals surface area contributed by atoms with Crippen molar-refractivity contribution in [3.8, 4) is 0 Å². The zero-order valence-electron chi connectivity index (χ0n) is 10.5. The van der Waals surface area contributed by atoms with Crippen LogP contribution >= 0.6 is 11.3 Å². The fraction of sp³-hybridized carbons (Fsp3) is 0.231. The Morgan fingerprint density at radius 2 is 2.26 bits per heavy atom. The van der Waals surface area contributed by atoms with Gasteiger partial charge in [-0.05, 0) is 26.0 Å². The average molecular weight is 280 g/mol. The first-order valence-corrected chi connectivity index (χ1v) is 6.57. The molecule has 0 aliphatic heterocycles. The van der Waals surface area contributed by atoms with Gasteiger partial charge in [-0.2, -0.15) is 0 Å². The Morgan fingerprint density at radius 3 is 2.84 bits per heavy atom.